The molecule has 1 amide bonds. The summed E-state index contributed by atoms with van der Waals surface area (Å²) >= 11 is 3.45. The fraction of sp³-hybridized carbons (Fsp3) is 0.250. The van der Waals surface area contributed by atoms with Crippen molar-refractivity contribution in [3.63, 3.8) is 0 Å². The first-order valence-electron chi connectivity index (χ1n) is 6.79. The molecular formula is C16H18BrN3O. The monoisotopic (exact) mass is 347 g/mol. The fourth-order valence-electron chi connectivity index (χ4n) is 2.15. The summed E-state index contributed by atoms with van der Waals surface area (Å²) in [6.07, 6.45) is 1.63. The van der Waals surface area contributed by atoms with Gasteiger partial charge in [-0.15, -0.1) is 0 Å². The van der Waals surface area contributed by atoms with E-state index in [9.17, 15) is 4.79 Å². The molecule has 1 aromatic carbocycles. The van der Waals surface area contributed by atoms with Gasteiger partial charge in [-0.05, 0) is 56.2 Å². The van der Waals surface area contributed by atoms with Gasteiger partial charge in [0.1, 0.15) is 5.69 Å². The minimum absolute atomic E-state index is 0.205. The summed E-state index contributed by atoms with van der Waals surface area (Å²) in [4.78, 5) is 16.5. The number of carbonyl (C=O) groups excluding carboxylic acids is 1. The van der Waals surface area contributed by atoms with Crippen molar-refractivity contribution in [3.05, 3.63) is 51.8 Å². The Morgan fingerprint density at radius 3 is 2.52 bits per heavy atom. The van der Waals surface area contributed by atoms with E-state index in [0.29, 0.717) is 5.69 Å². The molecule has 21 heavy (non-hydrogen) atoms. The Morgan fingerprint density at radius 1 is 1.24 bits per heavy atom. The quantitative estimate of drug-likeness (QED) is 0.873. The largest absolute Gasteiger partial charge is 0.385 e. The van der Waals surface area contributed by atoms with Gasteiger partial charge in [0, 0.05) is 28.6 Å². The smallest absolute Gasteiger partial charge is 0.274 e. The second kappa shape index (κ2) is 6.72. The molecule has 0 aliphatic rings. The average Bonchev–Trinajstić information content (AvgIpc) is 2.43. The molecule has 0 aliphatic heterocycles. The van der Waals surface area contributed by atoms with Crippen LogP contribution in [0.4, 0.5) is 11.4 Å². The number of rotatable bonds is 4. The third-order valence-electron chi connectivity index (χ3n) is 3.11. The number of aryl methyl sites for hydroxylation is 2. The van der Waals surface area contributed by atoms with E-state index >= 15 is 0 Å². The minimum atomic E-state index is -0.205. The zero-order valence-corrected chi connectivity index (χ0v) is 13.9. The number of pyridine rings is 1. The third kappa shape index (κ3) is 3.82. The fourth-order valence-corrected chi connectivity index (χ4v) is 2.84. The van der Waals surface area contributed by atoms with Crippen molar-refractivity contribution in [2.45, 2.75) is 20.8 Å². The van der Waals surface area contributed by atoms with E-state index in [4.69, 9.17) is 0 Å². The van der Waals surface area contributed by atoms with Gasteiger partial charge in [-0.3, -0.25) is 9.78 Å². The van der Waals surface area contributed by atoms with Crippen LogP contribution in [0.3, 0.4) is 0 Å². The summed E-state index contributed by atoms with van der Waals surface area (Å²) in [7, 11) is 0. The summed E-state index contributed by atoms with van der Waals surface area (Å²) in [5.74, 6) is -0.205. The van der Waals surface area contributed by atoms with E-state index in [-0.39, 0.29) is 5.91 Å². The minimum Gasteiger partial charge on any atom is -0.385 e. The summed E-state index contributed by atoms with van der Waals surface area (Å²) < 4.78 is 1.00. The van der Waals surface area contributed by atoms with Crippen LogP contribution in [0.5, 0.6) is 0 Å². The third-order valence-corrected chi connectivity index (χ3v) is 3.57. The Hall–Kier alpha value is -1.88. The molecule has 0 fully saturated rings. The first-order valence-corrected chi connectivity index (χ1v) is 7.58. The molecule has 0 atom stereocenters. The predicted octanol–water partition coefficient (Wildman–Crippen LogP) is 4.15. The number of anilines is 2. The van der Waals surface area contributed by atoms with Crippen LogP contribution in [0.2, 0.25) is 0 Å². The van der Waals surface area contributed by atoms with Gasteiger partial charge in [0.2, 0.25) is 0 Å². The molecule has 1 heterocycles. The highest BCUT2D eigenvalue weighted by Crippen LogP contribution is 2.25. The lowest BCUT2D eigenvalue weighted by atomic mass is 10.1. The number of benzene rings is 1. The van der Waals surface area contributed by atoms with Crippen LogP contribution in [0.1, 0.15) is 28.5 Å². The number of amides is 1. The van der Waals surface area contributed by atoms with Crippen LogP contribution in [0.15, 0.2) is 34.9 Å². The number of nitrogens with zero attached hydrogens (tertiary/aromatic N) is 1. The van der Waals surface area contributed by atoms with E-state index in [2.05, 4.69) is 31.5 Å². The van der Waals surface area contributed by atoms with Gasteiger partial charge in [0.05, 0.1) is 0 Å². The molecule has 0 saturated heterocycles. The molecule has 2 aromatic rings. The molecule has 4 nitrogen and oxygen atoms in total. The molecule has 0 bridgehead atoms. The van der Waals surface area contributed by atoms with Crippen LogP contribution in [0.25, 0.3) is 0 Å². The molecular weight excluding hydrogens is 330 g/mol. The van der Waals surface area contributed by atoms with Gasteiger partial charge >= 0.3 is 0 Å². The van der Waals surface area contributed by atoms with Gasteiger partial charge in [-0.2, -0.15) is 0 Å². The molecule has 0 unspecified atom stereocenters. The normalized spacial score (nSPS) is 10.3. The van der Waals surface area contributed by atoms with E-state index in [1.165, 1.54) is 0 Å². The highest BCUT2D eigenvalue weighted by Gasteiger charge is 2.12. The van der Waals surface area contributed by atoms with Gasteiger partial charge in [-0.1, -0.05) is 15.9 Å². The summed E-state index contributed by atoms with van der Waals surface area (Å²) in [5, 5.41) is 6.11. The number of hydrogen-bond acceptors (Lipinski definition) is 3. The average molecular weight is 348 g/mol. The maximum absolute atomic E-state index is 12.3. The summed E-state index contributed by atoms with van der Waals surface area (Å²) in [6.45, 7) is 6.75. The first-order chi connectivity index (χ1) is 10.0. The van der Waals surface area contributed by atoms with Crippen molar-refractivity contribution in [3.8, 4) is 0 Å². The van der Waals surface area contributed by atoms with Crippen molar-refractivity contribution in [1.82, 2.24) is 4.98 Å². The van der Waals surface area contributed by atoms with Crippen LogP contribution >= 0.6 is 15.9 Å². The maximum atomic E-state index is 12.3. The lowest BCUT2D eigenvalue weighted by Crippen LogP contribution is -2.15. The summed E-state index contributed by atoms with van der Waals surface area (Å²) in [5.41, 5.74) is 4.15. The molecule has 0 radical (unpaired) electrons. The standard InChI is InChI=1S/C16H18BrN3O/c1-4-18-13-5-6-19-14(9-13)16(21)20-15-10(2)7-12(17)8-11(15)3/h5-9H,4H2,1-3H3,(H,18,19)(H,20,21). The van der Waals surface area contributed by atoms with Gasteiger partial charge < -0.3 is 10.6 Å². The Bertz CT molecular complexity index is 647. The zero-order chi connectivity index (χ0) is 15.4. The topological polar surface area (TPSA) is 54.0 Å². The molecule has 5 heteroatoms. The molecule has 2 N–H and O–H groups in total. The van der Waals surface area contributed by atoms with Gasteiger partial charge in [0.25, 0.3) is 5.91 Å². The Morgan fingerprint density at radius 2 is 1.90 bits per heavy atom. The van der Waals surface area contributed by atoms with E-state index in [1.54, 1.807) is 12.3 Å². The van der Waals surface area contributed by atoms with Crippen molar-refractivity contribution in [2.24, 2.45) is 0 Å². The number of carbonyl (C=O) groups is 1. The van der Waals surface area contributed by atoms with Crippen LogP contribution in [-0.4, -0.2) is 17.4 Å². The Labute approximate surface area is 133 Å². The SMILES string of the molecule is CCNc1ccnc(C(=O)Nc2c(C)cc(Br)cc2C)c1. The van der Waals surface area contributed by atoms with Crippen molar-refractivity contribution in [1.29, 1.82) is 0 Å². The zero-order valence-electron chi connectivity index (χ0n) is 12.3. The summed E-state index contributed by atoms with van der Waals surface area (Å²) in [6, 6.07) is 7.55. The van der Waals surface area contributed by atoms with Crippen LogP contribution in [-0.2, 0) is 0 Å². The van der Waals surface area contributed by atoms with E-state index in [0.717, 1.165) is 33.5 Å². The maximum Gasteiger partial charge on any atom is 0.274 e. The Balaban J connectivity index is 2.24. The van der Waals surface area contributed by atoms with Crippen molar-refractivity contribution in [2.75, 3.05) is 17.2 Å². The Kier molecular flexibility index (Phi) is 4.96. The van der Waals surface area contributed by atoms with E-state index < -0.39 is 0 Å². The lowest BCUT2D eigenvalue weighted by Gasteiger charge is -2.12. The molecule has 0 spiro atoms. The highest BCUT2D eigenvalue weighted by molar-refractivity contribution is 9.10. The van der Waals surface area contributed by atoms with Gasteiger partial charge in [-0.25, -0.2) is 0 Å². The second-order valence-electron chi connectivity index (χ2n) is 4.83. The first kappa shape index (κ1) is 15.5. The van der Waals surface area contributed by atoms with E-state index in [1.807, 2.05) is 39.0 Å². The number of aromatic nitrogens is 1. The molecule has 110 valence electrons. The number of halogens is 1. The molecule has 0 saturated carbocycles. The van der Waals surface area contributed by atoms with Crippen LogP contribution < -0.4 is 10.6 Å². The van der Waals surface area contributed by atoms with Crippen LogP contribution in [0, 0.1) is 13.8 Å². The second-order valence-corrected chi connectivity index (χ2v) is 5.74. The van der Waals surface area contributed by atoms with Crippen molar-refractivity contribution < 1.29 is 4.79 Å². The highest BCUT2D eigenvalue weighted by atomic mass is 79.9. The van der Waals surface area contributed by atoms with Crippen molar-refractivity contribution >= 4 is 33.2 Å². The molecule has 1 aromatic heterocycles. The molecule has 0 aliphatic carbocycles. The number of nitrogens with one attached hydrogen (secondary N) is 2. The number of hydrogen-bond donors (Lipinski definition) is 2. The molecule has 2 rings (SSSR count). The predicted molar refractivity (Wildman–Crippen MR) is 90.0 cm³/mol. The van der Waals surface area contributed by atoms with Gasteiger partial charge in [0.15, 0.2) is 0 Å². The lowest BCUT2D eigenvalue weighted by molar-refractivity contribution is 0.102.